The Hall–Kier alpha value is -1.71. The van der Waals surface area contributed by atoms with Crippen molar-refractivity contribution in [2.45, 2.75) is 6.92 Å². The van der Waals surface area contributed by atoms with Crippen LogP contribution in [0.1, 0.15) is 16.2 Å². The maximum Gasteiger partial charge on any atom is 0.185 e. The van der Waals surface area contributed by atoms with Crippen molar-refractivity contribution in [2.75, 3.05) is 0 Å². The molecular weight excluding hydrogens is 183 g/mol. The molecule has 1 aromatic heterocycles. The third-order valence-corrected chi connectivity index (χ3v) is 2.30. The number of hydrogen-bond donors (Lipinski definition) is 0. The molecule has 0 N–H and O–H groups in total. The molecule has 0 unspecified atom stereocenters. The Labute approximate surface area is 80.2 Å². The van der Waals surface area contributed by atoms with Gasteiger partial charge in [0.25, 0.3) is 0 Å². The average molecular weight is 192 g/mol. The fourth-order valence-corrected chi connectivity index (χ4v) is 1.44. The number of imidazole rings is 1. The van der Waals surface area contributed by atoms with E-state index in [0.29, 0.717) is 28.7 Å². The zero-order valence-electron chi connectivity index (χ0n) is 7.91. The number of hydrogen-bond acceptors (Lipinski definition) is 2. The Balaban J connectivity index is 2.86. The molecule has 0 aliphatic heterocycles. The molecule has 0 saturated carbocycles. The second kappa shape index (κ2) is 2.90. The van der Waals surface area contributed by atoms with Crippen LogP contribution in [0, 0.1) is 12.7 Å². The summed E-state index contributed by atoms with van der Waals surface area (Å²) in [7, 11) is 1.69. The largest absolute Gasteiger partial charge is 0.325 e. The number of benzene rings is 1. The molecular formula is C10H9FN2O. The number of aryl methyl sites for hydroxylation is 2. The maximum absolute atomic E-state index is 13.2. The van der Waals surface area contributed by atoms with Crippen LogP contribution in [-0.2, 0) is 7.05 Å². The monoisotopic (exact) mass is 192 g/mol. The first-order chi connectivity index (χ1) is 6.63. The number of carbonyl (C=O) groups excluding carboxylic acids is 1. The molecule has 0 aliphatic rings. The summed E-state index contributed by atoms with van der Waals surface area (Å²) >= 11 is 0. The van der Waals surface area contributed by atoms with E-state index in [0.717, 1.165) is 0 Å². The first-order valence-electron chi connectivity index (χ1n) is 4.21. The van der Waals surface area contributed by atoms with Gasteiger partial charge in [0, 0.05) is 13.1 Å². The van der Waals surface area contributed by atoms with Crippen molar-refractivity contribution in [3.05, 3.63) is 29.3 Å². The zero-order chi connectivity index (χ0) is 10.3. The molecule has 0 saturated heterocycles. The summed E-state index contributed by atoms with van der Waals surface area (Å²) < 4.78 is 14.8. The van der Waals surface area contributed by atoms with E-state index in [9.17, 15) is 9.18 Å². The van der Waals surface area contributed by atoms with E-state index in [1.165, 1.54) is 6.07 Å². The number of halogens is 1. The second-order valence-electron chi connectivity index (χ2n) is 3.24. The highest BCUT2D eigenvalue weighted by molar-refractivity contribution is 5.83. The topological polar surface area (TPSA) is 34.9 Å². The standard InChI is InChI=1S/C10H9FN2O/c1-6-3-8-9(4-7(6)11)13(2)10(5-14)12-8/h3-5H,1-2H3. The quantitative estimate of drug-likeness (QED) is 0.646. The van der Waals surface area contributed by atoms with Gasteiger partial charge in [-0.05, 0) is 18.6 Å². The molecule has 2 rings (SSSR count). The lowest BCUT2D eigenvalue weighted by Gasteiger charge is -1.98. The number of carbonyl (C=O) groups is 1. The molecule has 4 heteroatoms. The van der Waals surface area contributed by atoms with Gasteiger partial charge in [-0.2, -0.15) is 0 Å². The van der Waals surface area contributed by atoms with Crippen LogP contribution in [0.15, 0.2) is 12.1 Å². The lowest BCUT2D eigenvalue weighted by Crippen LogP contribution is -1.95. The van der Waals surface area contributed by atoms with Gasteiger partial charge in [0.2, 0.25) is 0 Å². The minimum atomic E-state index is -0.280. The number of fused-ring (bicyclic) bond motifs is 1. The molecule has 1 heterocycles. The molecule has 0 aliphatic carbocycles. The Kier molecular flexibility index (Phi) is 1.84. The van der Waals surface area contributed by atoms with Gasteiger partial charge in [-0.15, -0.1) is 0 Å². The number of rotatable bonds is 1. The molecule has 0 amide bonds. The first kappa shape index (κ1) is 8.87. The molecule has 0 spiro atoms. The third-order valence-electron chi connectivity index (χ3n) is 2.30. The fraction of sp³-hybridized carbons (Fsp3) is 0.200. The highest BCUT2D eigenvalue weighted by Gasteiger charge is 2.09. The first-order valence-corrected chi connectivity index (χ1v) is 4.21. The van der Waals surface area contributed by atoms with Crippen LogP contribution in [0.2, 0.25) is 0 Å². The number of aromatic nitrogens is 2. The Morgan fingerprint density at radius 2 is 2.21 bits per heavy atom. The molecule has 0 fully saturated rings. The lowest BCUT2D eigenvalue weighted by molar-refractivity contribution is 0.111. The van der Waals surface area contributed by atoms with Gasteiger partial charge in [0.15, 0.2) is 12.1 Å². The average Bonchev–Trinajstić information content (AvgIpc) is 2.45. The highest BCUT2D eigenvalue weighted by Crippen LogP contribution is 2.18. The Morgan fingerprint density at radius 3 is 2.86 bits per heavy atom. The van der Waals surface area contributed by atoms with E-state index in [-0.39, 0.29) is 5.82 Å². The molecule has 0 atom stereocenters. The van der Waals surface area contributed by atoms with Gasteiger partial charge >= 0.3 is 0 Å². The Bertz CT molecular complexity index is 516. The predicted molar refractivity (Wildman–Crippen MR) is 50.8 cm³/mol. The van der Waals surface area contributed by atoms with Crippen LogP contribution in [0.3, 0.4) is 0 Å². The number of nitrogens with zero attached hydrogens (tertiary/aromatic N) is 2. The smallest absolute Gasteiger partial charge is 0.185 e. The third kappa shape index (κ3) is 1.11. The van der Waals surface area contributed by atoms with Gasteiger partial charge in [-0.1, -0.05) is 0 Å². The van der Waals surface area contributed by atoms with E-state index in [1.54, 1.807) is 24.6 Å². The van der Waals surface area contributed by atoms with Crippen molar-refractivity contribution in [2.24, 2.45) is 7.05 Å². The van der Waals surface area contributed by atoms with Crippen molar-refractivity contribution in [3.8, 4) is 0 Å². The Morgan fingerprint density at radius 1 is 1.50 bits per heavy atom. The van der Waals surface area contributed by atoms with Crippen LogP contribution in [0.5, 0.6) is 0 Å². The molecule has 0 bridgehead atoms. The fourth-order valence-electron chi connectivity index (χ4n) is 1.44. The van der Waals surface area contributed by atoms with Crippen molar-refractivity contribution in [3.63, 3.8) is 0 Å². The van der Waals surface area contributed by atoms with Crippen molar-refractivity contribution in [1.82, 2.24) is 9.55 Å². The number of aldehydes is 1. The normalized spacial score (nSPS) is 10.8. The van der Waals surface area contributed by atoms with E-state index < -0.39 is 0 Å². The van der Waals surface area contributed by atoms with Crippen LogP contribution < -0.4 is 0 Å². The van der Waals surface area contributed by atoms with Crippen molar-refractivity contribution in [1.29, 1.82) is 0 Å². The van der Waals surface area contributed by atoms with Crippen LogP contribution in [0.25, 0.3) is 11.0 Å². The van der Waals surface area contributed by atoms with E-state index >= 15 is 0 Å². The van der Waals surface area contributed by atoms with Crippen molar-refractivity contribution < 1.29 is 9.18 Å². The summed E-state index contributed by atoms with van der Waals surface area (Å²) in [4.78, 5) is 14.7. The van der Waals surface area contributed by atoms with Crippen LogP contribution >= 0.6 is 0 Å². The minimum Gasteiger partial charge on any atom is -0.325 e. The summed E-state index contributed by atoms with van der Waals surface area (Å²) in [5, 5.41) is 0. The summed E-state index contributed by atoms with van der Waals surface area (Å²) in [6.07, 6.45) is 0.660. The van der Waals surface area contributed by atoms with Gasteiger partial charge in [0.05, 0.1) is 11.0 Å². The van der Waals surface area contributed by atoms with E-state index in [4.69, 9.17) is 0 Å². The summed E-state index contributed by atoms with van der Waals surface area (Å²) in [6, 6.07) is 3.03. The SMILES string of the molecule is Cc1cc2nc(C=O)n(C)c2cc1F. The molecule has 14 heavy (non-hydrogen) atoms. The van der Waals surface area contributed by atoms with E-state index in [1.807, 2.05) is 0 Å². The summed E-state index contributed by atoms with van der Waals surface area (Å²) in [5.74, 6) is 0.0305. The second-order valence-corrected chi connectivity index (χ2v) is 3.24. The predicted octanol–water partition coefficient (Wildman–Crippen LogP) is 1.83. The molecule has 2 aromatic rings. The zero-order valence-corrected chi connectivity index (χ0v) is 7.91. The summed E-state index contributed by atoms with van der Waals surface area (Å²) in [6.45, 7) is 1.67. The van der Waals surface area contributed by atoms with Crippen LogP contribution in [-0.4, -0.2) is 15.8 Å². The van der Waals surface area contributed by atoms with Gasteiger partial charge in [0.1, 0.15) is 5.82 Å². The maximum atomic E-state index is 13.2. The molecule has 72 valence electrons. The van der Waals surface area contributed by atoms with Gasteiger partial charge in [-0.3, -0.25) is 4.79 Å². The molecule has 3 nitrogen and oxygen atoms in total. The lowest BCUT2D eigenvalue weighted by atomic mass is 10.2. The highest BCUT2D eigenvalue weighted by atomic mass is 19.1. The van der Waals surface area contributed by atoms with E-state index in [2.05, 4.69) is 4.98 Å². The van der Waals surface area contributed by atoms with Gasteiger partial charge < -0.3 is 4.57 Å². The molecule has 1 aromatic carbocycles. The summed E-state index contributed by atoms with van der Waals surface area (Å²) in [5.41, 5.74) is 1.82. The van der Waals surface area contributed by atoms with Crippen LogP contribution in [0.4, 0.5) is 4.39 Å². The van der Waals surface area contributed by atoms with Gasteiger partial charge in [-0.25, -0.2) is 9.37 Å². The van der Waals surface area contributed by atoms with Crippen molar-refractivity contribution >= 4 is 17.3 Å². The molecule has 0 radical (unpaired) electrons. The minimum absolute atomic E-state index is 0.280.